The largest absolute Gasteiger partial charge is 0.399 e. The number of rotatable bonds is 2. The Morgan fingerprint density at radius 3 is 2.82 bits per heavy atom. The van der Waals surface area contributed by atoms with Gasteiger partial charge in [-0.25, -0.2) is 4.98 Å². The molecule has 1 aliphatic carbocycles. The molecule has 1 fully saturated rings. The Morgan fingerprint density at radius 2 is 2.18 bits per heavy atom. The highest BCUT2D eigenvalue weighted by molar-refractivity contribution is 5.79. The fraction of sp³-hybridized carbons (Fsp3) is 0.500. The number of fused-ring (bicyclic) bond motifs is 1. The average molecular weight is 229 g/mol. The van der Waals surface area contributed by atoms with Crippen LogP contribution in [0.3, 0.4) is 0 Å². The van der Waals surface area contributed by atoms with E-state index in [2.05, 4.69) is 36.4 Å². The van der Waals surface area contributed by atoms with E-state index < -0.39 is 0 Å². The van der Waals surface area contributed by atoms with E-state index in [1.54, 1.807) is 0 Å². The topological polar surface area (TPSA) is 43.8 Å². The van der Waals surface area contributed by atoms with E-state index in [-0.39, 0.29) is 0 Å². The van der Waals surface area contributed by atoms with Gasteiger partial charge in [0.25, 0.3) is 0 Å². The molecule has 0 bridgehead atoms. The van der Waals surface area contributed by atoms with Crippen LogP contribution in [-0.2, 0) is 6.54 Å². The molecule has 1 atom stereocenters. The lowest BCUT2D eigenvalue weighted by Crippen LogP contribution is -2.05. The van der Waals surface area contributed by atoms with E-state index in [0.717, 1.165) is 29.5 Å². The molecule has 1 aromatic carbocycles. The number of aromatic nitrogens is 2. The SMILES string of the molecule is Cc1nc2cc(N)ccc2n1CC1CC1(C)C. The van der Waals surface area contributed by atoms with Crippen molar-refractivity contribution in [2.75, 3.05) is 5.73 Å². The summed E-state index contributed by atoms with van der Waals surface area (Å²) in [4.78, 5) is 4.59. The lowest BCUT2D eigenvalue weighted by molar-refractivity contribution is 0.499. The number of nitrogens with two attached hydrogens (primary N) is 1. The number of anilines is 1. The minimum absolute atomic E-state index is 0.511. The summed E-state index contributed by atoms with van der Waals surface area (Å²) in [7, 11) is 0. The van der Waals surface area contributed by atoms with Crippen LogP contribution in [-0.4, -0.2) is 9.55 Å². The van der Waals surface area contributed by atoms with E-state index in [0.29, 0.717) is 5.41 Å². The first kappa shape index (κ1) is 10.6. The second-order valence-electron chi connectivity index (χ2n) is 5.91. The Labute approximate surface area is 102 Å². The van der Waals surface area contributed by atoms with Crippen LogP contribution in [0, 0.1) is 18.3 Å². The van der Waals surface area contributed by atoms with Crippen LogP contribution in [0.2, 0.25) is 0 Å². The average Bonchev–Trinajstić information content (AvgIpc) is 2.71. The van der Waals surface area contributed by atoms with Crippen LogP contribution < -0.4 is 5.73 Å². The van der Waals surface area contributed by atoms with Gasteiger partial charge < -0.3 is 10.3 Å². The summed E-state index contributed by atoms with van der Waals surface area (Å²) in [6, 6.07) is 5.99. The Hall–Kier alpha value is -1.51. The fourth-order valence-corrected chi connectivity index (χ4v) is 2.61. The summed E-state index contributed by atoms with van der Waals surface area (Å²) < 4.78 is 2.33. The Morgan fingerprint density at radius 1 is 1.47 bits per heavy atom. The molecule has 2 N–H and O–H groups in total. The van der Waals surface area contributed by atoms with Gasteiger partial charge in [0, 0.05) is 12.2 Å². The minimum atomic E-state index is 0.511. The van der Waals surface area contributed by atoms with Crippen molar-refractivity contribution in [3.63, 3.8) is 0 Å². The molecule has 90 valence electrons. The maximum absolute atomic E-state index is 5.79. The summed E-state index contributed by atoms with van der Waals surface area (Å²) in [6.07, 6.45) is 1.32. The molecule has 2 aromatic rings. The second-order valence-corrected chi connectivity index (χ2v) is 5.91. The zero-order chi connectivity index (χ0) is 12.2. The third-order valence-corrected chi connectivity index (χ3v) is 4.08. The number of nitrogens with zero attached hydrogens (tertiary/aromatic N) is 2. The molecule has 3 nitrogen and oxygen atoms in total. The van der Waals surface area contributed by atoms with Gasteiger partial charge in [0.05, 0.1) is 11.0 Å². The van der Waals surface area contributed by atoms with E-state index in [4.69, 9.17) is 5.73 Å². The van der Waals surface area contributed by atoms with Crippen molar-refractivity contribution in [3.05, 3.63) is 24.0 Å². The number of nitrogen functional groups attached to an aromatic ring is 1. The molecule has 17 heavy (non-hydrogen) atoms. The normalized spacial score (nSPS) is 21.9. The molecule has 0 spiro atoms. The minimum Gasteiger partial charge on any atom is -0.399 e. The maximum Gasteiger partial charge on any atom is 0.106 e. The van der Waals surface area contributed by atoms with Crippen molar-refractivity contribution < 1.29 is 0 Å². The van der Waals surface area contributed by atoms with Crippen molar-refractivity contribution >= 4 is 16.7 Å². The van der Waals surface area contributed by atoms with Crippen LogP contribution in [0.4, 0.5) is 5.69 Å². The highest BCUT2D eigenvalue weighted by Crippen LogP contribution is 2.52. The highest BCUT2D eigenvalue weighted by Gasteiger charge is 2.45. The molecule has 3 heteroatoms. The lowest BCUT2D eigenvalue weighted by Gasteiger charge is -2.08. The predicted octanol–water partition coefficient (Wildman–Crippen LogP) is 2.97. The van der Waals surface area contributed by atoms with Crippen molar-refractivity contribution in [1.29, 1.82) is 0 Å². The second kappa shape index (κ2) is 3.25. The molecule has 3 rings (SSSR count). The quantitative estimate of drug-likeness (QED) is 0.804. The van der Waals surface area contributed by atoms with Crippen LogP contribution in [0.5, 0.6) is 0 Å². The number of hydrogen-bond donors (Lipinski definition) is 1. The summed E-state index contributed by atoms with van der Waals surface area (Å²) in [6.45, 7) is 7.83. The summed E-state index contributed by atoms with van der Waals surface area (Å²) in [5.74, 6) is 1.88. The zero-order valence-electron chi connectivity index (χ0n) is 10.7. The molecular formula is C14H19N3. The van der Waals surface area contributed by atoms with Crippen molar-refractivity contribution in [1.82, 2.24) is 9.55 Å². The van der Waals surface area contributed by atoms with E-state index in [9.17, 15) is 0 Å². The maximum atomic E-state index is 5.79. The van der Waals surface area contributed by atoms with E-state index in [1.807, 2.05) is 12.1 Å². The highest BCUT2D eigenvalue weighted by atomic mass is 15.1. The van der Waals surface area contributed by atoms with Gasteiger partial charge >= 0.3 is 0 Å². The standard InChI is InChI=1S/C14H19N3/c1-9-16-12-6-11(15)4-5-13(12)17(9)8-10-7-14(10,2)3/h4-6,10H,7-8,15H2,1-3H3. The molecular weight excluding hydrogens is 210 g/mol. The summed E-state index contributed by atoms with van der Waals surface area (Å²) in [5.41, 5.74) is 9.31. The molecule has 1 aromatic heterocycles. The summed E-state index contributed by atoms with van der Waals surface area (Å²) >= 11 is 0. The molecule has 1 unspecified atom stereocenters. The third kappa shape index (κ3) is 1.70. The molecule has 0 saturated heterocycles. The lowest BCUT2D eigenvalue weighted by atomic mass is 10.1. The van der Waals surface area contributed by atoms with Crippen LogP contribution in [0.1, 0.15) is 26.1 Å². The molecule has 0 aliphatic heterocycles. The Balaban J connectivity index is 2.01. The Bertz CT molecular complexity index is 580. The van der Waals surface area contributed by atoms with Gasteiger partial charge in [-0.2, -0.15) is 0 Å². The van der Waals surface area contributed by atoms with Crippen molar-refractivity contribution in [2.45, 2.75) is 33.7 Å². The number of aryl methyl sites for hydroxylation is 1. The molecule has 0 amide bonds. The third-order valence-electron chi connectivity index (χ3n) is 4.08. The first-order chi connectivity index (χ1) is 7.97. The predicted molar refractivity (Wildman–Crippen MR) is 70.8 cm³/mol. The van der Waals surface area contributed by atoms with E-state index in [1.165, 1.54) is 11.9 Å². The van der Waals surface area contributed by atoms with Crippen LogP contribution in [0.25, 0.3) is 11.0 Å². The van der Waals surface area contributed by atoms with Gasteiger partial charge in [0.1, 0.15) is 5.82 Å². The molecule has 1 heterocycles. The smallest absolute Gasteiger partial charge is 0.106 e. The van der Waals surface area contributed by atoms with Crippen molar-refractivity contribution in [2.24, 2.45) is 11.3 Å². The van der Waals surface area contributed by atoms with Gasteiger partial charge in [0.15, 0.2) is 0 Å². The monoisotopic (exact) mass is 229 g/mol. The fourth-order valence-electron chi connectivity index (χ4n) is 2.61. The number of benzene rings is 1. The molecule has 1 aliphatic rings. The number of imidazole rings is 1. The van der Waals surface area contributed by atoms with Crippen LogP contribution in [0.15, 0.2) is 18.2 Å². The van der Waals surface area contributed by atoms with E-state index >= 15 is 0 Å². The van der Waals surface area contributed by atoms with Gasteiger partial charge in [-0.3, -0.25) is 0 Å². The molecule has 0 radical (unpaired) electrons. The number of hydrogen-bond acceptors (Lipinski definition) is 2. The molecule has 1 saturated carbocycles. The Kier molecular flexibility index (Phi) is 2.03. The first-order valence-corrected chi connectivity index (χ1v) is 6.20. The van der Waals surface area contributed by atoms with Gasteiger partial charge in [-0.05, 0) is 42.9 Å². The van der Waals surface area contributed by atoms with Gasteiger partial charge in [0.2, 0.25) is 0 Å². The van der Waals surface area contributed by atoms with Crippen LogP contribution >= 0.6 is 0 Å². The van der Waals surface area contributed by atoms with Gasteiger partial charge in [-0.15, -0.1) is 0 Å². The zero-order valence-corrected chi connectivity index (χ0v) is 10.7. The van der Waals surface area contributed by atoms with Gasteiger partial charge in [-0.1, -0.05) is 13.8 Å². The first-order valence-electron chi connectivity index (χ1n) is 6.20. The van der Waals surface area contributed by atoms with Crippen molar-refractivity contribution in [3.8, 4) is 0 Å². The summed E-state index contributed by atoms with van der Waals surface area (Å²) in [5, 5.41) is 0.